The highest BCUT2D eigenvalue weighted by Gasteiger charge is 2.44. The van der Waals surface area contributed by atoms with Crippen molar-refractivity contribution in [1.82, 2.24) is 9.21 Å². The Hall–Kier alpha value is -2.55. The van der Waals surface area contributed by atoms with Gasteiger partial charge in [-0.1, -0.05) is 24.3 Å². The topological polar surface area (TPSA) is 78.0 Å². The molecule has 2 aromatic rings. The van der Waals surface area contributed by atoms with Crippen LogP contribution in [0.25, 0.3) is 0 Å². The number of hydrogen-bond donors (Lipinski definition) is 0. The quantitative estimate of drug-likeness (QED) is 0.662. The van der Waals surface area contributed by atoms with Crippen LogP contribution in [-0.4, -0.2) is 61.7 Å². The molecule has 1 atom stereocenters. The molecule has 0 N–H and O–H groups in total. The predicted molar refractivity (Wildman–Crippen MR) is 123 cm³/mol. The minimum Gasteiger partial charge on any atom is -0.289 e. The molecule has 2 aliphatic heterocycles. The molecule has 0 aliphatic carbocycles. The van der Waals surface area contributed by atoms with Crippen LogP contribution >= 0.6 is 0 Å². The molecule has 0 bridgehead atoms. The van der Waals surface area contributed by atoms with E-state index >= 15 is 0 Å². The maximum atomic E-state index is 13.2. The lowest BCUT2D eigenvalue weighted by Crippen LogP contribution is -2.53. The largest absolute Gasteiger partial charge is 0.289 e. The summed E-state index contributed by atoms with van der Waals surface area (Å²) in [6.07, 6.45) is 0.122. The molecule has 2 aliphatic rings. The Morgan fingerprint density at radius 3 is 2.03 bits per heavy atom. The zero-order valence-electron chi connectivity index (χ0n) is 19.0. The standard InChI is InChI=1S/C24H29N3O4S/c1-16-8-9-20(14-19(16)4)32(30,31)26-12-10-25(11-13-26)21-15-22(28)27(24(21)29)23-17(2)6-5-7-18(23)3/h5-9,14,21H,10-13,15H2,1-4H3. The summed E-state index contributed by atoms with van der Waals surface area (Å²) in [5.74, 6) is -0.430. The number of rotatable bonds is 4. The van der Waals surface area contributed by atoms with Crippen LogP contribution < -0.4 is 4.90 Å². The lowest BCUT2D eigenvalue weighted by molar-refractivity contribution is -0.123. The van der Waals surface area contributed by atoms with E-state index in [0.29, 0.717) is 23.7 Å². The summed E-state index contributed by atoms with van der Waals surface area (Å²) in [6.45, 7) is 9.04. The van der Waals surface area contributed by atoms with Gasteiger partial charge in [0.2, 0.25) is 15.9 Å². The second-order valence-electron chi connectivity index (χ2n) is 8.71. The summed E-state index contributed by atoms with van der Waals surface area (Å²) in [5, 5.41) is 0. The molecule has 2 fully saturated rings. The van der Waals surface area contributed by atoms with Gasteiger partial charge in [0, 0.05) is 26.2 Å². The summed E-state index contributed by atoms with van der Waals surface area (Å²) >= 11 is 0. The van der Waals surface area contributed by atoms with E-state index in [2.05, 4.69) is 0 Å². The minimum absolute atomic E-state index is 0.122. The summed E-state index contributed by atoms with van der Waals surface area (Å²) in [4.78, 5) is 29.6. The van der Waals surface area contributed by atoms with Crippen LogP contribution in [0.4, 0.5) is 5.69 Å². The van der Waals surface area contributed by atoms with E-state index in [0.717, 1.165) is 22.3 Å². The highest BCUT2D eigenvalue weighted by atomic mass is 32.2. The third-order valence-electron chi connectivity index (χ3n) is 6.62. The van der Waals surface area contributed by atoms with Crippen LogP contribution in [0.2, 0.25) is 0 Å². The van der Waals surface area contributed by atoms with E-state index in [9.17, 15) is 18.0 Å². The first-order valence-electron chi connectivity index (χ1n) is 10.9. The number of carbonyl (C=O) groups is 2. The summed E-state index contributed by atoms with van der Waals surface area (Å²) in [6, 6.07) is 10.3. The first-order valence-corrected chi connectivity index (χ1v) is 12.3. The molecule has 2 saturated heterocycles. The van der Waals surface area contributed by atoms with Crippen LogP contribution in [0.5, 0.6) is 0 Å². The van der Waals surface area contributed by atoms with Gasteiger partial charge in [0.25, 0.3) is 5.91 Å². The molecule has 0 spiro atoms. The lowest BCUT2D eigenvalue weighted by atomic mass is 10.1. The number of benzene rings is 2. The van der Waals surface area contributed by atoms with Crippen molar-refractivity contribution in [1.29, 1.82) is 0 Å². The number of nitrogens with zero attached hydrogens (tertiary/aromatic N) is 3. The SMILES string of the molecule is Cc1ccc(S(=O)(=O)N2CCN(C3CC(=O)N(c4c(C)cccc4C)C3=O)CC2)cc1C. The first kappa shape index (κ1) is 22.6. The molecular weight excluding hydrogens is 426 g/mol. The van der Waals surface area contributed by atoms with Crippen molar-refractivity contribution in [3.63, 3.8) is 0 Å². The smallest absolute Gasteiger partial charge is 0.251 e. The summed E-state index contributed by atoms with van der Waals surface area (Å²) in [5.41, 5.74) is 4.42. The normalized spacial score (nSPS) is 20.9. The van der Waals surface area contributed by atoms with Crippen molar-refractivity contribution in [3.8, 4) is 0 Å². The third-order valence-corrected chi connectivity index (χ3v) is 8.51. The zero-order valence-corrected chi connectivity index (χ0v) is 19.8. The first-order chi connectivity index (χ1) is 15.1. The van der Waals surface area contributed by atoms with Crippen molar-refractivity contribution < 1.29 is 18.0 Å². The van der Waals surface area contributed by atoms with Gasteiger partial charge in [-0.05, 0) is 62.1 Å². The maximum Gasteiger partial charge on any atom is 0.251 e. The average molecular weight is 456 g/mol. The number of carbonyl (C=O) groups excluding carboxylic acids is 2. The van der Waals surface area contributed by atoms with E-state index in [4.69, 9.17) is 0 Å². The molecule has 4 rings (SSSR count). The second kappa shape index (κ2) is 8.42. The van der Waals surface area contributed by atoms with Crippen molar-refractivity contribution >= 4 is 27.5 Å². The van der Waals surface area contributed by atoms with Gasteiger partial charge in [0.15, 0.2) is 0 Å². The molecule has 170 valence electrons. The van der Waals surface area contributed by atoms with E-state index in [1.807, 2.05) is 56.9 Å². The molecule has 32 heavy (non-hydrogen) atoms. The van der Waals surface area contributed by atoms with E-state index in [-0.39, 0.29) is 31.3 Å². The Bertz CT molecular complexity index is 1160. The fourth-order valence-corrected chi connectivity index (χ4v) is 6.08. The van der Waals surface area contributed by atoms with Crippen molar-refractivity contribution in [2.45, 2.75) is 45.1 Å². The second-order valence-corrected chi connectivity index (χ2v) is 10.7. The van der Waals surface area contributed by atoms with Gasteiger partial charge in [0.05, 0.1) is 23.0 Å². The molecular formula is C24H29N3O4S. The van der Waals surface area contributed by atoms with Gasteiger partial charge in [-0.3, -0.25) is 14.5 Å². The number of para-hydroxylation sites is 1. The fraction of sp³-hybridized carbons (Fsp3) is 0.417. The van der Waals surface area contributed by atoms with Crippen LogP contribution in [0.1, 0.15) is 28.7 Å². The highest BCUT2D eigenvalue weighted by Crippen LogP contribution is 2.32. The number of aryl methyl sites for hydroxylation is 4. The molecule has 0 saturated carbocycles. The molecule has 0 aromatic heterocycles. The van der Waals surface area contributed by atoms with E-state index in [1.165, 1.54) is 9.21 Å². The predicted octanol–water partition coefficient (Wildman–Crippen LogP) is 2.56. The van der Waals surface area contributed by atoms with Crippen molar-refractivity contribution in [2.24, 2.45) is 0 Å². The highest BCUT2D eigenvalue weighted by molar-refractivity contribution is 7.89. The van der Waals surface area contributed by atoms with Gasteiger partial charge in [-0.25, -0.2) is 13.3 Å². The van der Waals surface area contributed by atoms with E-state index in [1.54, 1.807) is 12.1 Å². The van der Waals surface area contributed by atoms with E-state index < -0.39 is 16.1 Å². The van der Waals surface area contributed by atoms with Crippen LogP contribution in [0.15, 0.2) is 41.3 Å². The maximum absolute atomic E-state index is 13.2. The number of amides is 2. The fourth-order valence-electron chi connectivity index (χ4n) is 4.57. The minimum atomic E-state index is -3.59. The number of sulfonamides is 1. The Labute approximate surface area is 189 Å². The van der Waals surface area contributed by atoms with Crippen LogP contribution in [0.3, 0.4) is 0 Å². The molecule has 2 aromatic carbocycles. The zero-order chi connectivity index (χ0) is 23.2. The third kappa shape index (κ3) is 3.87. The Balaban J connectivity index is 1.48. The number of anilines is 1. The van der Waals surface area contributed by atoms with Gasteiger partial charge in [0.1, 0.15) is 0 Å². The van der Waals surface area contributed by atoms with Crippen molar-refractivity contribution in [2.75, 3.05) is 31.1 Å². The Morgan fingerprint density at radius 1 is 0.812 bits per heavy atom. The summed E-state index contributed by atoms with van der Waals surface area (Å²) in [7, 11) is -3.59. The Kier molecular flexibility index (Phi) is 5.96. The van der Waals surface area contributed by atoms with Crippen LogP contribution in [-0.2, 0) is 19.6 Å². The van der Waals surface area contributed by atoms with Gasteiger partial charge in [-0.15, -0.1) is 0 Å². The van der Waals surface area contributed by atoms with Gasteiger partial charge >= 0.3 is 0 Å². The number of imide groups is 1. The number of hydrogen-bond acceptors (Lipinski definition) is 5. The van der Waals surface area contributed by atoms with Crippen LogP contribution in [0, 0.1) is 27.7 Å². The average Bonchev–Trinajstić information content (AvgIpc) is 3.04. The number of piperazine rings is 1. The van der Waals surface area contributed by atoms with Gasteiger partial charge < -0.3 is 0 Å². The monoisotopic (exact) mass is 455 g/mol. The molecule has 2 amide bonds. The Morgan fingerprint density at radius 2 is 1.44 bits per heavy atom. The summed E-state index contributed by atoms with van der Waals surface area (Å²) < 4.78 is 27.6. The van der Waals surface area contributed by atoms with Gasteiger partial charge in [-0.2, -0.15) is 4.31 Å². The molecule has 0 radical (unpaired) electrons. The molecule has 2 heterocycles. The molecule has 1 unspecified atom stereocenters. The lowest BCUT2D eigenvalue weighted by Gasteiger charge is -2.36. The molecule has 8 heteroatoms. The molecule has 7 nitrogen and oxygen atoms in total. The van der Waals surface area contributed by atoms with Crippen molar-refractivity contribution in [3.05, 3.63) is 58.7 Å².